The van der Waals surface area contributed by atoms with Crippen molar-refractivity contribution in [2.75, 3.05) is 20.2 Å². The summed E-state index contributed by atoms with van der Waals surface area (Å²) in [5.41, 5.74) is -0.810. The molecule has 0 aliphatic carbocycles. The summed E-state index contributed by atoms with van der Waals surface area (Å²) in [5.74, 6) is 0.645. The van der Waals surface area contributed by atoms with Crippen LogP contribution in [0.3, 0.4) is 0 Å². The number of carbonyl (C=O) groups excluding carboxylic acids is 1. The van der Waals surface area contributed by atoms with Crippen molar-refractivity contribution >= 4 is 17.4 Å². The quantitative estimate of drug-likeness (QED) is 0.897. The number of urea groups is 1. The second kappa shape index (κ2) is 7.39. The third kappa shape index (κ3) is 3.92. The lowest BCUT2D eigenvalue weighted by Crippen LogP contribution is -2.48. The van der Waals surface area contributed by atoms with E-state index in [1.807, 2.05) is 12.3 Å². The summed E-state index contributed by atoms with van der Waals surface area (Å²) in [6.45, 7) is 2.66. The summed E-state index contributed by atoms with van der Waals surface area (Å²) < 4.78 is 20.5. The average Bonchev–Trinajstić information content (AvgIpc) is 3.17. The van der Waals surface area contributed by atoms with E-state index in [0.717, 1.165) is 5.01 Å². The molecule has 2 aromatic rings. The topological polar surface area (TPSA) is 54.5 Å². The summed E-state index contributed by atoms with van der Waals surface area (Å²) in [4.78, 5) is 18.3. The van der Waals surface area contributed by atoms with Gasteiger partial charge in [0, 0.05) is 37.5 Å². The Bertz CT molecular complexity index is 715. The van der Waals surface area contributed by atoms with Crippen LogP contribution in [-0.4, -0.2) is 36.1 Å². The SMILES string of the molecule is COc1cccc(C2(F)CCN(C(=O)N[C@@H](C)c3nccs3)CC2)c1. The molecule has 0 saturated carbocycles. The van der Waals surface area contributed by atoms with Crippen LogP contribution in [-0.2, 0) is 5.67 Å². The Balaban J connectivity index is 1.60. The normalized spacial score (nSPS) is 17.8. The fourth-order valence-corrected chi connectivity index (χ4v) is 3.69. The Hall–Kier alpha value is -2.15. The molecule has 0 unspecified atom stereocenters. The first-order valence-electron chi connectivity index (χ1n) is 8.30. The molecule has 1 atom stereocenters. The van der Waals surface area contributed by atoms with Crippen LogP contribution in [0.4, 0.5) is 9.18 Å². The monoisotopic (exact) mass is 363 g/mol. The van der Waals surface area contributed by atoms with Crippen molar-refractivity contribution in [2.45, 2.75) is 31.5 Å². The highest BCUT2D eigenvalue weighted by Gasteiger charge is 2.38. The molecule has 7 heteroatoms. The maximum atomic E-state index is 15.3. The number of hydrogen-bond donors (Lipinski definition) is 1. The Labute approximate surface area is 150 Å². The van der Waals surface area contributed by atoms with Gasteiger partial charge in [-0.3, -0.25) is 0 Å². The highest BCUT2D eigenvalue weighted by atomic mass is 32.1. The molecular weight excluding hydrogens is 341 g/mol. The van der Waals surface area contributed by atoms with Crippen LogP contribution in [0.25, 0.3) is 0 Å². The van der Waals surface area contributed by atoms with Gasteiger partial charge in [-0.15, -0.1) is 11.3 Å². The summed E-state index contributed by atoms with van der Waals surface area (Å²) in [6, 6.07) is 6.79. The standard InChI is InChI=1S/C18H22FN3O2S/c1-13(16-20-8-11-25-16)21-17(23)22-9-6-18(19,7-10-22)14-4-3-5-15(12-14)24-2/h3-5,8,11-13H,6-7,9-10H2,1-2H3,(H,21,23)/t13-/m0/s1. The number of benzene rings is 1. The van der Waals surface area contributed by atoms with Gasteiger partial charge < -0.3 is 15.0 Å². The van der Waals surface area contributed by atoms with Crippen LogP contribution in [0, 0.1) is 0 Å². The predicted molar refractivity (Wildman–Crippen MR) is 95.6 cm³/mol. The Morgan fingerprint density at radius 3 is 2.84 bits per heavy atom. The molecule has 1 saturated heterocycles. The van der Waals surface area contributed by atoms with Gasteiger partial charge in [0.05, 0.1) is 13.2 Å². The van der Waals surface area contributed by atoms with Gasteiger partial charge in [-0.25, -0.2) is 14.2 Å². The molecular formula is C18H22FN3O2S. The molecule has 0 spiro atoms. The minimum Gasteiger partial charge on any atom is -0.497 e. The molecule has 25 heavy (non-hydrogen) atoms. The number of ether oxygens (including phenoxy) is 1. The molecule has 1 aromatic carbocycles. The number of carbonyl (C=O) groups is 1. The second-order valence-electron chi connectivity index (χ2n) is 6.23. The lowest BCUT2D eigenvalue weighted by molar-refractivity contribution is 0.0683. The van der Waals surface area contributed by atoms with Gasteiger partial charge in [0.15, 0.2) is 0 Å². The van der Waals surface area contributed by atoms with Crippen LogP contribution in [0.1, 0.15) is 36.4 Å². The van der Waals surface area contributed by atoms with Crippen molar-refractivity contribution in [3.05, 3.63) is 46.4 Å². The first-order chi connectivity index (χ1) is 12.0. The van der Waals surface area contributed by atoms with Crippen LogP contribution in [0.15, 0.2) is 35.8 Å². The van der Waals surface area contributed by atoms with E-state index in [1.54, 1.807) is 42.5 Å². The van der Waals surface area contributed by atoms with E-state index in [9.17, 15) is 4.79 Å². The van der Waals surface area contributed by atoms with Crippen molar-refractivity contribution in [1.82, 2.24) is 15.2 Å². The number of thiazole rings is 1. The number of alkyl halides is 1. The molecule has 134 valence electrons. The van der Waals surface area contributed by atoms with Crippen molar-refractivity contribution < 1.29 is 13.9 Å². The molecule has 3 rings (SSSR count). The van der Waals surface area contributed by atoms with E-state index in [-0.39, 0.29) is 24.9 Å². The predicted octanol–water partition coefficient (Wildman–Crippen LogP) is 3.88. The number of nitrogens with zero attached hydrogens (tertiary/aromatic N) is 2. The molecule has 2 amide bonds. The zero-order valence-corrected chi connectivity index (χ0v) is 15.2. The molecule has 1 aliphatic heterocycles. The van der Waals surface area contributed by atoms with Crippen molar-refractivity contribution in [3.8, 4) is 5.75 Å². The smallest absolute Gasteiger partial charge is 0.317 e. The minimum absolute atomic E-state index is 0.150. The Kier molecular flexibility index (Phi) is 5.22. The summed E-state index contributed by atoms with van der Waals surface area (Å²) >= 11 is 1.50. The number of piperidine rings is 1. The number of methoxy groups -OCH3 is 1. The van der Waals surface area contributed by atoms with E-state index in [1.165, 1.54) is 11.3 Å². The van der Waals surface area contributed by atoms with Gasteiger partial charge >= 0.3 is 6.03 Å². The second-order valence-corrected chi connectivity index (χ2v) is 7.15. The molecule has 2 heterocycles. The molecule has 1 aromatic heterocycles. The third-order valence-electron chi connectivity index (χ3n) is 4.59. The van der Waals surface area contributed by atoms with Gasteiger partial charge in [-0.2, -0.15) is 0 Å². The fraction of sp³-hybridized carbons (Fsp3) is 0.444. The molecule has 1 aliphatic rings. The minimum atomic E-state index is -1.42. The van der Waals surface area contributed by atoms with Gasteiger partial charge in [-0.1, -0.05) is 12.1 Å². The zero-order chi connectivity index (χ0) is 17.9. The molecule has 0 radical (unpaired) electrons. The van der Waals surface area contributed by atoms with E-state index < -0.39 is 5.67 Å². The van der Waals surface area contributed by atoms with Crippen molar-refractivity contribution in [2.24, 2.45) is 0 Å². The van der Waals surface area contributed by atoms with E-state index >= 15 is 4.39 Å². The van der Waals surface area contributed by atoms with Gasteiger partial charge in [0.2, 0.25) is 0 Å². The highest BCUT2D eigenvalue weighted by Crippen LogP contribution is 2.38. The zero-order valence-electron chi connectivity index (χ0n) is 14.4. The summed E-state index contributed by atoms with van der Waals surface area (Å²) in [6.07, 6.45) is 2.27. The number of aromatic nitrogens is 1. The highest BCUT2D eigenvalue weighted by molar-refractivity contribution is 7.09. The van der Waals surface area contributed by atoms with Crippen LogP contribution in [0.2, 0.25) is 0 Å². The summed E-state index contributed by atoms with van der Waals surface area (Å²) in [7, 11) is 1.57. The van der Waals surface area contributed by atoms with Crippen molar-refractivity contribution in [1.29, 1.82) is 0 Å². The largest absolute Gasteiger partial charge is 0.497 e. The van der Waals surface area contributed by atoms with Gasteiger partial charge in [0.1, 0.15) is 16.4 Å². The van der Waals surface area contributed by atoms with Crippen LogP contribution >= 0.6 is 11.3 Å². The Morgan fingerprint density at radius 1 is 1.44 bits per heavy atom. The van der Waals surface area contributed by atoms with Crippen molar-refractivity contribution in [3.63, 3.8) is 0 Å². The number of hydrogen-bond acceptors (Lipinski definition) is 4. The van der Waals surface area contributed by atoms with E-state index in [2.05, 4.69) is 10.3 Å². The number of nitrogens with one attached hydrogen (secondary N) is 1. The molecule has 1 N–H and O–H groups in total. The third-order valence-corrected chi connectivity index (χ3v) is 5.55. The number of amides is 2. The first kappa shape index (κ1) is 17.7. The number of likely N-dealkylation sites (tertiary alicyclic amines) is 1. The summed E-state index contributed by atoms with van der Waals surface area (Å²) in [5, 5.41) is 5.67. The molecule has 0 bridgehead atoms. The van der Waals surface area contributed by atoms with Crippen LogP contribution in [0.5, 0.6) is 5.75 Å². The maximum Gasteiger partial charge on any atom is 0.317 e. The number of rotatable bonds is 4. The average molecular weight is 363 g/mol. The van der Waals surface area contributed by atoms with E-state index in [0.29, 0.717) is 24.4 Å². The maximum absolute atomic E-state index is 15.3. The molecule has 1 fully saturated rings. The van der Waals surface area contributed by atoms with Gasteiger partial charge in [-0.05, 0) is 24.6 Å². The van der Waals surface area contributed by atoms with Crippen LogP contribution < -0.4 is 10.1 Å². The number of halogens is 1. The Morgan fingerprint density at radius 2 is 2.20 bits per heavy atom. The molecule has 5 nitrogen and oxygen atoms in total. The lowest BCUT2D eigenvalue weighted by Gasteiger charge is -2.37. The van der Waals surface area contributed by atoms with E-state index in [4.69, 9.17) is 4.74 Å². The first-order valence-corrected chi connectivity index (χ1v) is 9.18. The van der Waals surface area contributed by atoms with Gasteiger partial charge in [0.25, 0.3) is 0 Å². The fourth-order valence-electron chi connectivity index (χ4n) is 3.04. The lowest BCUT2D eigenvalue weighted by atomic mass is 9.86.